The molecule has 2 aromatic carbocycles. The third-order valence-electron chi connectivity index (χ3n) is 3.40. The van der Waals surface area contributed by atoms with Gasteiger partial charge in [0.2, 0.25) is 0 Å². The topological polar surface area (TPSA) is 64.1 Å². The Labute approximate surface area is 144 Å². The summed E-state index contributed by atoms with van der Waals surface area (Å²) in [7, 11) is 0. The number of ether oxygens (including phenoxy) is 1. The maximum atomic E-state index is 12.9. The number of carbonyl (C=O) groups is 1. The van der Waals surface area contributed by atoms with Gasteiger partial charge < -0.3 is 10.1 Å². The number of esters is 1. The predicted molar refractivity (Wildman–Crippen MR) is 92.2 cm³/mol. The summed E-state index contributed by atoms with van der Waals surface area (Å²) in [6, 6.07) is 14.6. The molecule has 126 valence electrons. The maximum Gasteiger partial charge on any atom is 0.315 e. The van der Waals surface area contributed by atoms with E-state index in [1.54, 1.807) is 30.3 Å². The van der Waals surface area contributed by atoms with Crippen LogP contribution in [0.2, 0.25) is 0 Å². The Hall–Kier alpha value is -3.28. The van der Waals surface area contributed by atoms with Gasteiger partial charge in [0.1, 0.15) is 23.7 Å². The number of hydrogen-bond donors (Lipinski definition) is 1. The van der Waals surface area contributed by atoms with E-state index >= 15 is 0 Å². The molecule has 1 aromatic heterocycles. The number of hydrogen-bond acceptors (Lipinski definition) is 5. The number of aryl methyl sites for hydroxylation is 1. The SMILES string of the molecule is Cc1cc(Nc2cccc(OC(=O)Cc3ccc(F)cc3)c2)ncn1. The quantitative estimate of drug-likeness (QED) is 0.566. The van der Waals surface area contributed by atoms with Crippen molar-refractivity contribution in [1.82, 2.24) is 9.97 Å². The summed E-state index contributed by atoms with van der Waals surface area (Å²) in [5.74, 6) is 0.322. The van der Waals surface area contributed by atoms with Crippen LogP contribution in [-0.4, -0.2) is 15.9 Å². The van der Waals surface area contributed by atoms with Gasteiger partial charge in [0.15, 0.2) is 0 Å². The van der Waals surface area contributed by atoms with E-state index in [0.717, 1.165) is 11.4 Å². The molecule has 0 bridgehead atoms. The van der Waals surface area contributed by atoms with E-state index in [4.69, 9.17) is 4.74 Å². The maximum absolute atomic E-state index is 12.9. The second kappa shape index (κ2) is 7.53. The summed E-state index contributed by atoms with van der Waals surface area (Å²) in [5, 5.41) is 3.13. The number of anilines is 2. The smallest absolute Gasteiger partial charge is 0.315 e. The van der Waals surface area contributed by atoms with Crippen molar-refractivity contribution in [3.63, 3.8) is 0 Å². The lowest BCUT2D eigenvalue weighted by Gasteiger charge is -2.09. The lowest BCUT2D eigenvalue weighted by Crippen LogP contribution is -2.11. The predicted octanol–water partition coefficient (Wildman–Crippen LogP) is 3.82. The first-order valence-electron chi connectivity index (χ1n) is 7.69. The molecule has 0 aliphatic heterocycles. The highest BCUT2D eigenvalue weighted by atomic mass is 19.1. The minimum Gasteiger partial charge on any atom is -0.426 e. The van der Waals surface area contributed by atoms with Gasteiger partial charge in [-0.25, -0.2) is 14.4 Å². The molecule has 0 saturated carbocycles. The summed E-state index contributed by atoms with van der Waals surface area (Å²) in [6.45, 7) is 1.88. The molecule has 1 N–H and O–H groups in total. The van der Waals surface area contributed by atoms with Gasteiger partial charge in [0.05, 0.1) is 6.42 Å². The highest BCUT2D eigenvalue weighted by Crippen LogP contribution is 2.21. The van der Waals surface area contributed by atoms with Crippen molar-refractivity contribution in [2.75, 3.05) is 5.32 Å². The van der Waals surface area contributed by atoms with Gasteiger partial charge in [-0.3, -0.25) is 4.79 Å². The Morgan fingerprint density at radius 3 is 2.68 bits per heavy atom. The molecular formula is C19H16FN3O2. The van der Waals surface area contributed by atoms with Crippen LogP contribution in [0.25, 0.3) is 0 Å². The fourth-order valence-corrected chi connectivity index (χ4v) is 2.24. The molecule has 0 radical (unpaired) electrons. The van der Waals surface area contributed by atoms with E-state index in [1.165, 1.54) is 18.5 Å². The van der Waals surface area contributed by atoms with E-state index in [-0.39, 0.29) is 12.2 Å². The minimum atomic E-state index is -0.415. The van der Waals surface area contributed by atoms with E-state index in [0.29, 0.717) is 17.1 Å². The average Bonchev–Trinajstić information content (AvgIpc) is 2.57. The number of rotatable bonds is 5. The molecule has 0 amide bonds. The molecular weight excluding hydrogens is 321 g/mol. The van der Waals surface area contributed by atoms with Crippen LogP contribution in [0.4, 0.5) is 15.9 Å². The molecule has 5 nitrogen and oxygen atoms in total. The molecule has 1 heterocycles. The summed E-state index contributed by atoms with van der Waals surface area (Å²) < 4.78 is 18.2. The standard InChI is InChI=1S/C19H16FN3O2/c1-13-9-18(22-12-21-13)23-16-3-2-4-17(11-16)25-19(24)10-14-5-7-15(20)8-6-14/h2-9,11-12H,10H2,1H3,(H,21,22,23). The first-order valence-corrected chi connectivity index (χ1v) is 7.69. The van der Waals surface area contributed by atoms with Crippen LogP contribution in [0.5, 0.6) is 5.75 Å². The van der Waals surface area contributed by atoms with Crippen molar-refractivity contribution in [3.8, 4) is 5.75 Å². The van der Waals surface area contributed by atoms with Gasteiger partial charge in [-0.05, 0) is 36.8 Å². The zero-order chi connectivity index (χ0) is 17.6. The average molecular weight is 337 g/mol. The number of carbonyl (C=O) groups excluding carboxylic acids is 1. The number of nitrogens with one attached hydrogen (secondary N) is 1. The molecule has 0 aliphatic carbocycles. The van der Waals surface area contributed by atoms with Crippen molar-refractivity contribution in [3.05, 3.63) is 78.0 Å². The number of aromatic nitrogens is 2. The van der Waals surface area contributed by atoms with Crippen LogP contribution in [0.3, 0.4) is 0 Å². The Bertz CT molecular complexity index is 882. The molecule has 0 fully saturated rings. The Kier molecular flexibility index (Phi) is 4.99. The van der Waals surface area contributed by atoms with Crippen LogP contribution in [0, 0.1) is 12.7 Å². The van der Waals surface area contributed by atoms with Crippen molar-refractivity contribution >= 4 is 17.5 Å². The first kappa shape index (κ1) is 16.6. The van der Waals surface area contributed by atoms with E-state index in [2.05, 4.69) is 15.3 Å². The van der Waals surface area contributed by atoms with Crippen molar-refractivity contribution in [2.24, 2.45) is 0 Å². The van der Waals surface area contributed by atoms with Crippen LogP contribution in [-0.2, 0) is 11.2 Å². The van der Waals surface area contributed by atoms with E-state index < -0.39 is 5.97 Å². The summed E-state index contributed by atoms with van der Waals surface area (Å²) in [4.78, 5) is 20.2. The van der Waals surface area contributed by atoms with Crippen molar-refractivity contribution < 1.29 is 13.9 Å². The molecule has 6 heteroatoms. The second-order valence-electron chi connectivity index (χ2n) is 5.47. The number of halogens is 1. The molecule has 0 aliphatic rings. The summed E-state index contributed by atoms with van der Waals surface area (Å²) >= 11 is 0. The molecule has 3 aromatic rings. The molecule has 0 atom stereocenters. The Morgan fingerprint density at radius 2 is 1.92 bits per heavy atom. The highest BCUT2D eigenvalue weighted by Gasteiger charge is 2.08. The van der Waals surface area contributed by atoms with E-state index in [1.807, 2.05) is 19.1 Å². The number of benzene rings is 2. The highest BCUT2D eigenvalue weighted by molar-refractivity contribution is 5.75. The molecule has 3 rings (SSSR count). The molecule has 0 unspecified atom stereocenters. The third-order valence-corrected chi connectivity index (χ3v) is 3.40. The fourth-order valence-electron chi connectivity index (χ4n) is 2.24. The minimum absolute atomic E-state index is 0.0725. The Balaban J connectivity index is 1.64. The van der Waals surface area contributed by atoms with Gasteiger partial charge in [-0.1, -0.05) is 18.2 Å². The largest absolute Gasteiger partial charge is 0.426 e. The third kappa shape index (κ3) is 4.84. The van der Waals surface area contributed by atoms with Crippen LogP contribution < -0.4 is 10.1 Å². The van der Waals surface area contributed by atoms with Gasteiger partial charge in [0.25, 0.3) is 0 Å². The van der Waals surface area contributed by atoms with Crippen LogP contribution >= 0.6 is 0 Å². The first-order chi connectivity index (χ1) is 12.1. The fraction of sp³-hybridized carbons (Fsp3) is 0.105. The lowest BCUT2D eigenvalue weighted by atomic mass is 10.1. The summed E-state index contributed by atoms with van der Waals surface area (Å²) in [6.07, 6.45) is 1.55. The van der Waals surface area contributed by atoms with Crippen LogP contribution in [0.15, 0.2) is 60.9 Å². The summed E-state index contributed by atoms with van der Waals surface area (Å²) in [5.41, 5.74) is 2.28. The molecule has 0 spiro atoms. The van der Waals surface area contributed by atoms with Gasteiger partial charge in [0, 0.05) is 23.5 Å². The lowest BCUT2D eigenvalue weighted by molar-refractivity contribution is -0.133. The van der Waals surface area contributed by atoms with Crippen molar-refractivity contribution in [2.45, 2.75) is 13.3 Å². The van der Waals surface area contributed by atoms with Gasteiger partial charge in [-0.15, -0.1) is 0 Å². The van der Waals surface area contributed by atoms with Crippen molar-refractivity contribution in [1.29, 1.82) is 0 Å². The second-order valence-corrected chi connectivity index (χ2v) is 5.47. The zero-order valence-electron chi connectivity index (χ0n) is 13.6. The van der Waals surface area contributed by atoms with Crippen LogP contribution in [0.1, 0.15) is 11.3 Å². The molecule has 0 saturated heterocycles. The van der Waals surface area contributed by atoms with Gasteiger partial charge >= 0.3 is 5.97 Å². The zero-order valence-corrected chi connectivity index (χ0v) is 13.6. The number of nitrogens with zero attached hydrogens (tertiary/aromatic N) is 2. The Morgan fingerprint density at radius 1 is 1.12 bits per heavy atom. The molecule has 25 heavy (non-hydrogen) atoms. The monoisotopic (exact) mass is 337 g/mol. The normalized spacial score (nSPS) is 10.3. The van der Waals surface area contributed by atoms with E-state index in [9.17, 15) is 9.18 Å². The van der Waals surface area contributed by atoms with Gasteiger partial charge in [-0.2, -0.15) is 0 Å².